The van der Waals surface area contributed by atoms with E-state index in [0.29, 0.717) is 40.2 Å². The summed E-state index contributed by atoms with van der Waals surface area (Å²) in [6, 6.07) is 8.25. The van der Waals surface area contributed by atoms with Crippen molar-refractivity contribution < 1.29 is 22.7 Å². The second kappa shape index (κ2) is 8.29. The fraction of sp³-hybridized carbons (Fsp3) is 0.304. The second-order valence-corrected chi connectivity index (χ2v) is 10.2. The van der Waals surface area contributed by atoms with Crippen LogP contribution in [-0.4, -0.2) is 58.0 Å². The molecule has 2 aliphatic rings. The van der Waals surface area contributed by atoms with E-state index >= 15 is 0 Å². The van der Waals surface area contributed by atoms with Crippen molar-refractivity contribution in [2.24, 2.45) is 10.2 Å². The Labute approximate surface area is 191 Å². The molecule has 10 heteroatoms. The second-order valence-electron chi connectivity index (χ2n) is 8.14. The highest BCUT2D eigenvalue weighted by Gasteiger charge is 2.23. The first kappa shape index (κ1) is 21.6. The van der Waals surface area contributed by atoms with Gasteiger partial charge in [-0.3, -0.25) is 4.90 Å². The number of benzene rings is 2. The number of furan rings is 1. The lowest BCUT2D eigenvalue weighted by atomic mass is 10.1. The van der Waals surface area contributed by atoms with Crippen molar-refractivity contribution in [2.45, 2.75) is 11.4 Å². The largest absolute Gasteiger partial charge is 0.504 e. The maximum atomic E-state index is 12.0. The summed E-state index contributed by atoms with van der Waals surface area (Å²) in [5.74, 6) is 0.911. The molecule has 2 N–H and O–H groups in total. The molecule has 3 aromatic rings. The average molecular weight is 469 g/mol. The minimum Gasteiger partial charge on any atom is -0.504 e. The zero-order valence-corrected chi connectivity index (χ0v) is 19.1. The van der Waals surface area contributed by atoms with E-state index in [2.05, 4.69) is 20.4 Å². The van der Waals surface area contributed by atoms with Gasteiger partial charge >= 0.3 is 0 Å². The maximum Gasteiger partial charge on any atom is 0.175 e. The molecule has 0 saturated carbocycles. The average Bonchev–Trinajstić information content (AvgIpc) is 3.35. The summed E-state index contributed by atoms with van der Waals surface area (Å²) < 4.78 is 35.6. The lowest BCUT2D eigenvalue weighted by Gasteiger charge is -2.27. The van der Waals surface area contributed by atoms with Crippen LogP contribution in [0.4, 0.5) is 5.69 Å². The lowest BCUT2D eigenvalue weighted by molar-refractivity contribution is 0.230. The smallest absolute Gasteiger partial charge is 0.175 e. The fourth-order valence-corrected chi connectivity index (χ4v) is 4.81. The van der Waals surface area contributed by atoms with Gasteiger partial charge in [0.25, 0.3) is 0 Å². The molecule has 172 valence electrons. The molecule has 0 spiro atoms. The van der Waals surface area contributed by atoms with Crippen LogP contribution in [0.3, 0.4) is 0 Å². The molecule has 2 aromatic carbocycles. The summed E-state index contributed by atoms with van der Waals surface area (Å²) in [6.45, 7) is 4.27. The Hall–Kier alpha value is -3.21. The third-order valence-electron chi connectivity index (χ3n) is 5.93. The van der Waals surface area contributed by atoms with Crippen LogP contribution in [0.1, 0.15) is 16.9 Å². The quantitative estimate of drug-likeness (QED) is 0.588. The van der Waals surface area contributed by atoms with Crippen molar-refractivity contribution in [2.75, 3.05) is 39.5 Å². The standard InChI is InChI=1S/C23H24N4O5S/c1-31-20-6-4-15-22(28)21(32-23(15)17(20)13-27-9-7-24-8-10-27)12-19-16-11-14(33(2,29)30)3-5-18(16)25-26-19/h3-6,11-12,24,28H,7-10,13H2,1-2H3. The zero-order chi connectivity index (χ0) is 23.2. The molecule has 0 atom stereocenters. The van der Waals surface area contributed by atoms with Crippen LogP contribution >= 0.6 is 0 Å². The van der Waals surface area contributed by atoms with E-state index in [1.165, 1.54) is 12.1 Å². The molecule has 5 rings (SSSR count). The van der Waals surface area contributed by atoms with E-state index in [-0.39, 0.29) is 16.4 Å². The van der Waals surface area contributed by atoms with Crippen molar-refractivity contribution in [1.82, 2.24) is 10.2 Å². The van der Waals surface area contributed by atoms with Crippen LogP contribution < -0.4 is 10.1 Å². The van der Waals surface area contributed by atoms with Gasteiger partial charge in [0.1, 0.15) is 11.3 Å². The topological polar surface area (TPSA) is 117 Å². The highest BCUT2D eigenvalue weighted by molar-refractivity contribution is 7.90. The number of hydrogen-bond donors (Lipinski definition) is 2. The number of piperazine rings is 1. The molecule has 1 fully saturated rings. The summed E-state index contributed by atoms with van der Waals surface area (Å²) >= 11 is 0. The predicted octanol–water partition coefficient (Wildman–Crippen LogP) is 3.55. The fourth-order valence-electron chi connectivity index (χ4n) is 4.17. The van der Waals surface area contributed by atoms with Gasteiger partial charge in [-0.15, -0.1) is 10.2 Å². The van der Waals surface area contributed by atoms with E-state index in [0.717, 1.165) is 38.0 Å². The van der Waals surface area contributed by atoms with Gasteiger partial charge in [-0.05, 0) is 30.3 Å². The normalized spacial score (nSPS) is 17.7. The molecular formula is C23H24N4O5S. The molecule has 0 bridgehead atoms. The summed E-state index contributed by atoms with van der Waals surface area (Å²) in [4.78, 5) is 2.48. The Kier molecular flexibility index (Phi) is 5.43. The van der Waals surface area contributed by atoms with Crippen molar-refractivity contribution in [3.8, 4) is 11.5 Å². The van der Waals surface area contributed by atoms with E-state index in [4.69, 9.17) is 9.15 Å². The number of rotatable bonds is 5. The third kappa shape index (κ3) is 4.01. The Balaban J connectivity index is 1.58. The van der Waals surface area contributed by atoms with Gasteiger partial charge in [0.05, 0.1) is 34.3 Å². The van der Waals surface area contributed by atoms with Gasteiger partial charge in [0.15, 0.2) is 21.3 Å². The Morgan fingerprint density at radius 1 is 1.21 bits per heavy atom. The van der Waals surface area contributed by atoms with E-state index in [9.17, 15) is 13.5 Å². The Bertz CT molecular complexity index is 1400. The number of aromatic hydroxyl groups is 1. The van der Waals surface area contributed by atoms with E-state index < -0.39 is 9.84 Å². The van der Waals surface area contributed by atoms with Crippen LogP contribution in [-0.2, 0) is 16.4 Å². The molecule has 9 nitrogen and oxygen atoms in total. The number of sulfone groups is 1. The minimum absolute atomic E-state index is 0.00960. The van der Waals surface area contributed by atoms with E-state index in [1.54, 1.807) is 25.3 Å². The van der Waals surface area contributed by atoms with Crippen molar-refractivity contribution in [3.63, 3.8) is 0 Å². The van der Waals surface area contributed by atoms with Gasteiger partial charge in [-0.25, -0.2) is 8.42 Å². The molecule has 0 amide bonds. The SMILES string of the molecule is COc1ccc2c(O)c(C=C3N=Nc4ccc(S(C)(=O)=O)cc43)oc2c1CN1CCNCC1. The number of fused-ring (bicyclic) bond motifs is 2. The Morgan fingerprint density at radius 2 is 2.00 bits per heavy atom. The van der Waals surface area contributed by atoms with Crippen molar-refractivity contribution in [1.29, 1.82) is 0 Å². The van der Waals surface area contributed by atoms with Crippen LogP contribution in [0.15, 0.2) is 49.9 Å². The van der Waals surface area contributed by atoms with Gasteiger partial charge < -0.3 is 19.6 Å². The summed E-state index contributed by atoms with van der Waals surface area (Å²) in [6.07, 6.45) is 2.73. The molecule has 0 radical (unpaired) electrons. The maximum absolute atomic E-state index is 12.0. The molecule has 0 unspecified atom stereocenters. The van der Waals surface area contributed by atoms with E-state index in [1.807, 2.05) is 6.07 Å². The molecule has 0 aliphatic carbocycles. The number of methoxy groups -OCH3 is 1. The third-order valence-corrected chi connectivity index (χ3v) is 7.04. The monoisotopic (exact) mass is 468 g/mol. The summed E-state index contributed by atoms with van der Waals surface area (Å²) in [5, 5.41) is 23.1. The Morgan fingerprint density at radius 3 is 2.73 bits per heavy atom. The number of ether oxygens (including phenoxy) is 1. The lowest BCUT2D eigenvalue weighted by Crippen LogP contribution is -2.42. The van der Waals surface area contributed by atoms with Gasteiger partial charge in [-0.1, -0.05) is 0 Å². The van der Waals surface area contributed by atoms with Crippen LogP contribution in [0.5, 0.6) is 11.5 Å². The van der Waals surface area contributed by atoms with Crippen molar-refractivity contribution in [3.05, 3.63) is 47.2 Å². The highest BCUT2D eigenvalue weighted by Crippen LogP contribution is 2.42. The zero-order valence-electron chi connectivity index (χ0n) is 18.3. The molecule has 1 saturated heterocycles. The summed E-state index contributed by atoms with van der Waals surface area (Å²) in [7, 11) is -1.77. The number of nitrogens with zero attached hydrogens (tertiary/aromatic N) is 3. The van der Waals surface area contributed by atoms with Gasteiger partial charge in [-0.2, -0.15) is 0 Å². The van der Waals surface area contributed by atoms with Gasteiger partial charge in [0, 0.05) is 50.6 Å². The first-order valence-electron chi connectivity index (χ1n) is 10.6. The minimum atomic E-state index is -3.38. The number of hydrogen-bond acceptors (Lipinski definition) is 9. The molecule has 33 heavy (non-hydrogen) atoms. The van der Waals surface area contributed by atoms with Gasteiger partial charge in [0.2, 0.25) is 0 Å². The van der Waals surface area contributed by atoms with Crippen LogP contribution in [0.25, 0.3) is 22.7 Å². The van der Waals surface area contributed by atoms with Crippen LogP contribution in [0, 0.1) is 0 Å². The molecule has 3 heterocycles. The number of azo groups is 1. The first-order chi connectivity index (χ1) is 15.8. The molecule has 1 aromatic heterocycles. The first-order valence-corrected chi connectivity index (χ1v) is 12.5. The number of nitrogens with one attached hydrogen (secondary N) is 1. The summed E-state index contributed by atoms with van der Waals surface area (Å²) in [5.41, 5.74) is 2.96. The predicted molar refractivity (Wildman–Crippen MR) is 125 cm³/mol. The van der Waals surface area contributed by atoms with Crippen molar-refractivity contribution >= 4 is 38.3 Å². The molecular weight excluding hydrogens is 444 g/mol. The van der Waals surface area contributed by atoms with Crippen LogP contribution in [0.2, 0.25) is 0 Å². The highest BCUT2D eigenvalue weighted by atomic mass is 32.2. The molecule has 2 aliphatic heterocycles.